The minimum atomic E-state index is 0.471. The van der Waals surface area contributed by atoms with E-state index >= 15 is 0 Å². The van der Waals surface area contributed by atoms with Crippen LogP contribution < -0.4 is 9.47 Å². The first-order valence-electron chi connectivity index (χ1n) is 9.84. The maximum Gasteiger partial charge on any atom is 0.232 e. The lowest BCUT2D eigenvalue weighted by Gasteiger charge is -2.13. The number of nitriles is 1. The topological polar surface area (TPSA) is 80.9 Å². The Balaban J connectivity index is 1.67. The number of pyridine rings is 1. The highest BCUT2D eigenvalue weighted by Gasteiger charge is 2.24. The molecule has 0 fully saturated rings. The van der Waals surface area contributed by atoms with Gasteiger partial charge in [-0.25, -0.2) is 4.98 Å². The van der Waals surface area contributed by atoms with Gasteiger partial charge in [-0.05, 0) is 56.0 Å². The van der Waals surface area contributed by atoms with E-state index in [9.17, 15) is 5.26 Å². The van der Waals surface area contributed by atoms with Gasteiger partial charge < -0.3 is 9.47 Å². The van der Waals surface area contributed by atoms with Crippen molar-refractivity contribution in [1.82, 2.24) is 15.0 Å². The molecule has 30 heavy (non-hydrogen) atoms. The number of hydrogen-bond acceptors (Lipinski definition) is 7. The fourth-order valence-corrected chi connectivity index (χ4v) is 4.95. The number of aromatic nitrogens is 3. The van der Waals surface area contributed by atoms with Gasteiger partial charge in [0.2, 0.25) is 5.88 Å². The van der Waals surface area contributed by atoms with Crippen LogP contribution in [0.1, 0.15) is 29.3 Å². The third-order valence-corrected chi connectivity index (χ3v) is 6.22. The van der Waals surface area contributed by atoms with Crippen LogP contribution in [-0.2, 0) is 12.8 Å². The molecule has 0 saturated carbocycles. The van der Waals surface area contributed by atoms with Crippen molar-refractivity contribution in [2.75, 3.05) is 6.61 Å². The molecule has 0 N–H and O–H groups in total. The van der Waals surface area contributed by atoms with Crippen LogP contribution in [0.2, 0.25) is 0 Å². The number of thiophene rings is 1. The van der Waals surface area contributed by atoms with Gasteiger partial charge in [0.05, 0.1) is 23.6 Å². The summed E-state index contributed by atoms with van der Waals surface area (Å²) in [5.74, 6) is 2.16. The van der Waals surface area contributed by atoms with E-state index in [2.05, 4.69) is 11.1 Å². The van der Waals surface area contributed by atoms with Crippen LogP contribution in [0.3, 0.4) is 0 Å². The number of nitrogens with zero attached hydrogens (tertiary/aromatic N) is 4. The molecule has 4 aromatic rings. The van der Waals surface area contributed by atoms with Crippen molar-refractivity contribution >= 4 is 21.6 Å². The highest BCUT2D eigenvalue weighted by Crippen LogP contribution is 2.43. The van der Waals surface area contributed by atoms with Crippen molar-refractivity contribution in [3.05, 3.63) is 58.7 Å². The molecule has 0 unspecified atom stereocenters. The van der Waals surface area contributed by atoms with Crippen LogP contribution >= 0.6 is 11.3 Å². The minimum Gasteiger partial charge on any atom is -0.490 e. The maximum atomic E-state index is 9.22. The van der Waals surface area contributed by atoms with E-state index in [-0.39, 0.29) is 0 Å². The van der Waals surface area contributed by atoms with Crippen LogP contribution in [0.5, 0.6) is 17.4 Å². The van der Waals surface area contributed by atoms with Gasteiger partial charge in [0.25, 0.3) is 0 Å². The van der Waals surface area contributed by atoms with Gasteiger partial charge >= 0.3 is 0 Å². The lowest BCUT2D eigenvalue weighted by Crippen LogP contribution is -1.99. The van der Waals surface area contributed by atoms with Crippen molar-refractivity contribution in [2.24, 2.45) is 0 Å². The van der Waals surface area contributed by atoms with Gasteiger partial charge in [0.15, 0.2) is 17.3 Å². The molecular weight excluding hydrogens is 396 g/mol. The predicted molar refractivity (Wildman–Crippen MR) is 115 cm³/mol. The normalized spacial score (nSPS) is 12.5. The van der Waals surface area contributed by atoms with E-state index in [0.717, 1.165) is 35.0 Å². The molecule has 0 amide bonds. The van der Waals surface area contributed by atoms with E-state index in [4.69, 9.17) is 19.4 Å². The van der Waals surface area contributed by atoms with Crippen LogP contribution in [0.4, 0.5) is 0 Å². The monoisotopic (exact) mass is 414 g/mol. The van der Waals surface area contributed by atoms with Gasteiger partial charge in [0, 0.05) is 28.9 Å². The first kappa shape index (κ1) is 18.5. The maximum absolute atomic E-state index is 9.22. The molecule has 3 heterocycles. The first-order chi connectivity index (χ1) is 14.8. The van der Waals surface area contributed by atoms with Gasteiger partial charge in [0.1, 0.15) is 4.83 Å². The lowest BCUT2D eigenvalue weighted by molar-refractivity contribution is 0.320. The van der Waals surface area contributed by atoms with Crippen molar-refractivity contribution in [3.63, 3.8) is 0 Å². The second-order valence-electron chi connectivity index (χ2n) is 6.94. The summed E-state index contributed by atoms with van der Waals surface area (Å²) in [5.41, 5.74) is 2.64. The van der Waals surface area contributed by atoms with Crippen molar-refractivity contribution in [2.45, 2.75) is 26.2 Å². The zero-order chi connectivity index (χ0) is 20.5. The Morgan fingerprint density at radius 3 is 2.90 bits per heavy atom. The standard InChI is InChI=1S/C23H18N4O2S/c1-2-28-18-11-14(12-24)8-9-17(18)29-22-20-16-6-3-7-19(16)30-23(20)27-21(26-22)15-5-4-10-25-13-15/h4-5,8-11,13H,2-3,6-7H2,1H3. The molecule has 0 saturated heterocycles. The number of hydrogen-bond donors (Lipinski definition) is 0. The number of aryl methyl sites for hydroxylation is 2. The fraction of sp³-hybridized carbons (Fsp3) is 0.217. The summed E-state index contributed by atoms with van der Waals surface area (Å²) < 4.78 is 12.0. The molecule has 0 aliphatic heterocycles. The third-order valence-electron chi connectivity index (χ3n) is 5.03. The van der Waals surface area contributed by atoms with E-state index in [1.165, 1.54) is 10.4 Å². The van der Waals surface area contributed by atoms with Crippen LogP contribution in [0.25, 0.3) is 21.6 Å². The number of rotatable bonds is 5. The second kappa shape index (κ2) is 7.73. The molecule has 0 bridgehead atoms. The Morgan fingerprint density at radius 1 is 1.17 bits per heavy atom. The van der Waals surface area contributed by atoms with Crippen molar-refractivity contribution in [3.8, 4) is 34.8 Å². The quantitative estimate of drug-likeness (QED) is 0.440. The number of benzene rings is 1. The summed E-state index contributed by atoms with van der Waals surface area (Å²) in [4.78, 5) is 16.1. The molecule has 7 heteroatoms. The van der Waals surface area contributed by atoms with E-state index in [1.54, 1.807) is 41.9 Å². The average Bonchev–Trinajstić information content (AvgIpc) is 3.36. The van der Waals surface area contributed by atoms with Gasteiger partial charge in [-0.1, -0.05) is 0 Å². The highest BCUT2D eigenvalue weighted by molar-refractivity contribution is 7.19. The molecule has 3 aromatic heterocycles. The molecule has 1 aliphatic carbocycles. The molecule has 0 atom stereocenters. The molecule has 1 aromatic carbocycles. The van der Waals surface area contributed by atoms with Gasteiger partial charge in [-0.2, -0.15) is 10.2 Å². The molecule has 5 rings (SSSR count). The summed E-state index contributed by atoms with van der Waals surface area (Å²) in [6.45, 7) is 2.37. The Labute approximate surface area is 177 Å². The van der Waals surface area contributed by atoms with Crippen molar-refractivity contribution < 1.29 is 9.47 Å². The predicted octanol–water partition coefficient (Wildman–Crippen LogP) is 5.30. The summed E-state index contributed by atoms with van der Waals surface area (Å²) in [5, 5.41) is 10.2. The summed E-state index contributed by atoms with van der Waals surface area (Å²) in [6.07, 6.45) is 6.69. The lowest BCUT2D eigenvalue weighted by atomic mass is 10.2. The summed E-state index contributed by atoms with van der Waals surface area (Å²) in [6, 6.07) is 11.1. The second-order valence-corrected chi connectivity index (χ2v) is 8.02. The molecular formula is C23H18N4O2S. The molecule has 0 radical (unpaired) electrons. The van der Waals surface area contributed by atoms with Crippen LogP contribution in [0, 0.1) is 11.3 Å². The minimum absolute atomic E-state index is 0.471. The van der Waals surface area contributed by atoms with Gasteiger partial charge in [-0.3, -0.25) is 4.98 Å². The summed E-state index contributed by atoms with van der Waals surface area (Å²) >= 11 is 1.71. The van der Waals surface area contributed by atoms with E-state index < -0.39 is 0 Å². The van der Waals surface area contributed by atoms with Gasteiger partial charge in [-0.15, -0.1) is 11.3 Å². The Bertz CT molecular complexity index is 1280. The third kappa shape index (κ3) is 3.25. The fourth-order valence-electron chi connectivity index (χ4n) is 3.69. The van der Waals surface area contributed by atoms with Crippen LogP contribution in [-0.4, -0.2) is 21.6 Å². The van der Waals surface area contributed by atoms with E-state index in [0.29, 0.717) is 35.4 Å². The molecule has 148 valence electrons. The largest absolute Gasteiger partial charge is 0.490 e. The summed E-state index contributed by atoms with van der Waals surface area (Å²) in [7, 11) is 0. The molecule has 0 spiro atoms. The molecule has 6 nitrogen and oxygen atoms in total. The van der Waals surface area contributed by atoms with Crippen LogP contribution in [0.15, 0.2) is 42.7 Å². The Kier molecular flexibility index (Phi) is 4.77. The Morgan fingerprint density at radius 2 is 2.10 bits per heavy atom. The SMILES string of the molecule is CCOc1cc(C#N)ccc1Oc1nc(-c2cccnc2)nc2sc3c(c12)CCC3. The zero-order valence-corrected chi connectivity index (χ0v) is 17.2. The first-order valence-corrected chi connectivity index (χ1v) is 10.7. The van der Waals surface area contributed by atoms with E-state index in [1.807, 2.05) is 19.1 Å². The smallest absolute Gasteiger partial charge is 0.232 e. The van der Waals surface area contributed by atoms with Crippen molar-refractivity contribution in [1.29, 1.82) is 5.26 Å². The zero-order valence-electron chi connectivity index (χ0n) is 16.4. The molecule has 1 aliphatic rings. The average molecular weight is 414 g/mol. The number of fused-ring (bicyclic) bond motifs is 3. The highest BCUT2D eigenvalue weighted by atomic mass is 32.1. The Hall–Kier alpha value is -3.50. The number of ether oxygens (including phenoxy) is 2.